The Morgan fingerprint density at radius 2 is 2.17 bits per heavy atom. The summed E-state index contributed by atoms with van der Waals surface area (Å²) in [7, 11) is -0.850. The van der Waals surface area contributed by atoms with Gasteiger partial charge in [0.25, 0.3) is 5.91 Å². The number of nitrogens with one attached hydrogen (secondary N) is 1. The molecule has 0 unspecified atom stereocenters. The normalized spacial score (nSPS) is 14.0. The second kappa shape index (κ2) is 6.90. The summed E-state index contributed by atoms with van der Waals surface area (Å²) in [6.07, 6.45) is 2.38. The first-order chi connectivity index (χ1) is 8.43. The van der Waals surface area contributed by atoms with Crippen LogP contribution in [-0.4, -0.2) is 28.2 Å². The smallest absolute Gasteiger partial charge is 0.251 e. The van der Waals surface area contributed by atoms with Gasteiger partial charge in [-0.1, -0.05) is 24.6 Å². The van der Waals surface area contributed by atoms with E-state index in [2.05, 4.69) is 5.32 Å². The molecular formula is C13H18ClNO2S. The number of hydrogen-bond donors (Lipinski definition) is 1. The van der Waals surface area contributed by atoms with E-state index < -0.39 is 10.8 Å². The van der Waals surface area contributed by atoms with Gasteiger partial charge in [-0.2, -0.15) is 0 Å². The third-order valence-electron chi connectivity index (χ3n) is 2.92. The topological polar surface area (TPSA) is 46.2 Å². The number of halogens is 1. The van der Waals surface area contributed by atoms with Crippen molar-refractivity contribution in [2.75, 3.05) is 12.8 Å². The van der Waals surface area contributed by atoms with Crippen LogP contribution in [0.15, 0.2) is 18.2 Å². The molecule has 0 aromatic heterocycles. The van der Waals surface area contributed by atoms with Gasteiger partial charge in [-0.15, -0.1) is 0 Å². The van der Waals surface area contributed by atoms with Gasteiger partial charge in [0.15, 0.2) is 0 Å². The molecule has 0 heterocycles. The lowest BCUT2D eigenvalue weighted by Crippen LogP contribution is -2.28. The lowest BCUT2D eigenvalue weighted by Gasteiger charge is -2.11. The first-order valence-electron chi connectivity index (χ1n) is 5.79. The Morgan fingerprint density at radius 1 is 1.50 bits per heavy atom. The third kappa shape index (κ3) is 4.10. The van der Waals surface area contributed by atoms with Crippen molar-refractivity contribution in [3.8, 4) is 0 Å². The number of amides is 1. The fourth-order valence-electron chi connectivity index (χ4n) is 1.50. The molecule has 5 heteroatoms. The maximum atomic E-state index is 11.9. The predicted octanol–water partition coefficient (Wildman–Crippen LogP) is 2.54. The molecule has 0 aliphatic carbocycles. The Bertz CT molecular complexity index is 462. The highest BCUT2D eigenvalue weighted by molar-refractivity contribution is 7.84. The van der Waals surface area contributed by atoms with Crippen LogP contribution in [0.3, 0.4) is 0 Å². The van der Waals surface area contributed by atoms with Gasteiger partial charge in [-0.05, 0) is 31.0 Å². The number of hydrogen-bond acceptors (Lipinski definition) is 2. The lowest BCUT2D eigenvalue weighted by molar-refractivity contribution is 0.0952. The van der Waals surface area contributed by atoms with Crippen molar-refractivity contribution in [2.45, 2.75) is 25.5 Å². The monoisotopic (exact) mass is 287 g/mol. The van der Waals surface area contributed by atoms with E-state index in [0.29, 0.717) is 23.6 Å². The molecule has 3 nitrogen and oxygen atoms in total. The summed E-state index contributed by atoms with van der Waals surface area (Å²) in [6, 6.07) is 5.27. The van der Waals surface area contributed by atoms with Crippen LogP contribution in [0.4, 0.5) is 0 Å². The largest absolute Gasteiger partial charge is 0.352 e. The SMILES string of the molecule is Cc1c(Cl)cccc1C(=O)NCC[C@H](C)[S@@](C)=O. The molecule has 0 bridgehead atoms. The van der Waals surface area contributed by atoms with Crippen molar-refractivity contribution in [2.24, 2.45) is 0 Å². The molecule has 18 heavy (non-hydrogen) atoms. The van der Waals surface area contributed by atoms with Gasteiger partial charge in [-0.3, -0.25) is 9.00 Å². The summed E-state index contributed by atoms with van der Waals surface area (Å²) >= 11 is 5.96. The highest BCUT2D eigenvalue weighted by Gasteiger charge is 2.11. The van der Waals surface area contributed by atoms with Crippen LogP contribution < -0.4 is 5.32 Å². The van der Waals surface area contributed by atoms with Crippen LogP contribution in [0, 0.1) is 6.92 Å². The van der Waals surface area contributed by atoms with Crippen LogP contribution in [0.5, 0.6) is 0 Å². The average Bonchev–Trinajstić information content (AvgIpc) is 2.32. The maximum Gasteiger partial charge on any atom is 0.251 e. The molecule has 1 aromatic carbocycles. The summed E-state index contributed by atoms with van der Waals surface area (Å²) in [6.45, 7) is 4.25. The molecule has 1 amide bonds. The number of carbonyl (C=O) groups excluding carboxylic acids is 1. The number of benzene rings is 1. The predicted molar refractivity (Wildman–Crippen MR) is 76.7 cm³/mol. The van der Waals surface area contributed by atoms with Crippen LogP contribution >= 0.6 is 11.6 Å². The van der Waals surface area contributed by atoms with Crippen molar-refractivity contribution >= 4 is 28.3 Å². The Morgan fingerprint density at radius 3 is 2.78 bits per heavy atom. The van der Waals surface area contributed by atoms with Gasteiger partial charge in [0.1, 0.15) is 0 Å². The van der Waals surface area contributed by atoms with Gasteiger partial charge in [0.05, 0.1) is 0 Å². The van der Waals surface area contributed by atoms with Gasteiger partial charge in [0, 0.05) is 39.4 Å². The third-order valence-corrected chi connectivity index (χ3v) is 4.69. The molecule has 0 aliphatic rings. The summed E-state index contributed by atoms with van der Waals surface area (Å²) in [5, 5.41) is 3.50. The quantitative estimate of drug-likeness (QED) is 0.904. The van der Waals surface area contributed by atoms with Crippen molar-refractivity contribution in [3.63, 3.8) is 0 Å². The van der Waals surface area contributed by atoms with Crippen molar-refractivity contribution in [1.29, 1.82) is 0 Å². The van der Waals surface area contributed by atoms with E-state index in [1.807, 2.05) is 13.8 Å². The second-order valence-electron chi connectivity index (χ2n) is 4.27. The van der Waals surface area contributed by atoms with Crippen LogP contribution in [0.25, 0.3) is 0 Å². The Kier molecular flexibility index (Phi) is 5.82. The minimum Gasteiger partial charge on any atom is -0.352 e. The zero-order valence-corrected chi connectivity index (χ0v) is 12.4. The first kappa shape index (κ1) is 15.2. The molecule has 0 spiro atoms. The van der Waals surface area contributed by atoms with Gasteiger partial charge in [-0.25, -0.2) is 0 Å². The Balaban J connectivity index is 2.56. The molecule has 1 N–H and O–H groups in total. The highest BCUT2D eigenvalue weighted by atomic mass is 35.5. The number of rotatable bonds is 5. The fourth-order valence-corrected chi connectivity index (χ4v) is 2.13. The van der Waals surface area contributed by atoms with Crippen molar-refractivity contribution in [1.82, 2.24) is 5.32 Å². The number of carbonyl (C=O) groups is 1. The minimum absolute atomic E-state index is 0.0887. The Labute approximate surface area is 115 Å². The summed E-state index contributed by atoms with van der Waals surface area (Å²) < 4.78 is 11.2. The molecule has 1 rings (SSSR count). The van der Waals surface area contributed by atoms with Crippen molar-refractivity contribution in [3.05, 3.63) is 34.3 Å². The van der Waals surface area contributed by atoms with E-state index in [1.165, 1.54) is 0 Å². The van der Waals surface area contributed by atoms with Crippen molar-refractivity contribution < 1.29 is 9.00 Å². The summed E-state index contributed by atoms with van der Waals surface area (Å²) in [5.74, 6) is -0.135. The van der Waals surface area contributed by atoms with Gasteiger partial charge >= 0.3 is 0 Å². The molecule has 0 saturated carbocycles. The standard InChI is InChI=1S/C13H18ClNO2S/c1-9(18(3)17)7-8-15-13(16)11-5-4-6-12(14)10(11)2/h4-6,9H,7-8H2,1-3H3,(H,15,16)/t9-,18+/m0/s1. The lowest BCUT2D eigenvalue weighted by atomic mass is 10.1. The molecule has 2 atom stereocenters. The zero-order chi connectivity index (χ0) is 13.7. The van der Waals surface area contributed by atoms with E-state index in [-0.39, 0.29) is 11.2 Å². The molecule has 0 aliphatic heterocycles. The summed E-state index contributed by atoms with van der Waals surface area (Å²) in [5.41, 5.74) is 1.37. The zero-order valence-electron chi connectivity index (χ0n) is 10.8. The fraction of sp³-hybridized carbons (Fsp3) is 0.462. The van der Waals surface area contributed by atoms with E-state index >= 15 is 0 Å². The van der Waals surface area contributed by atoms with Crippen LogP contribution in [0.2, 0.25) is 5.02 Å². The molecule has 0 fully saturated rings. The van der Waals surface area contributed by atoms with Crippen LogP contribution in [-0.2, 0) is 10.8 Å². The van der Waals surface area contributed by atoms with E-state index in [4.69, 9.17) is 11.6 Å². The van der Waals surface area contributed by atoms with Gasteiger partial charge in [0.2, 0.25) is 0 Å². The van der Waals surface area contributed by atoms with E-state index in [1.54, 1.807) is 24.5 Å². The molecule has 1 aromatic rings. The molecule has 0 radical (unpaired) electrons. The minimum atomic E-state index is -0.850. The molecular weight excluding hydrogens is 270 g/mol. The van der Waals surface area contributed by atoms with Crippen LogP contribution in [0.1, 0.15) is 29.3 Å². The highest BCUT2D eigenvalue weighted by Crippen LogP contribution is 2.18. The Hall–Kier alpha value is -0.870. The molecule has 100 valence electrons. The molecule has 0 saturated heterocycles. The van der Waals surface area contributed by atoms with E-state index in [0.717, 1.165) is 5.56 Å². The second-order valence-corrected chi connectivity index (χ2v) is 6.48. The average molecular weight is 288 g/mol. The summed E-state index contributed by atoms with van der Waals surface area (Å²) in [4.78, 5) is 11.9. The first-order valence-corrected chi connectivity index (χ1v) is 7.79. The van der Waals surface area contributed by atoms with Gasteiger partial charge < -0.3 is 5.32 Å². The maximum absolute atomic E-state index is 11.9. The van der Waals surface area contributed by atoms with E-state index in [9.17, 15) is 9.00 Å².